The highest BCUT2D eigenvalue weighted by Gasteiger charge is 2.09. The van der Waals surface area contributed by atoms with Crippen LogP contribution in [0.4, 0.5) is 0 Å². The lowest BCUT2D eigenvalue weighted by atomic mass is 9.93. The van der Waals surface area contributed by atoms with E-state index in [4.69, 9.17) is 4.74 Å². The Kier molecular flexibility index (Phi) is 27.9. The van der Waals surface area contributed by atoms with Crippen LogP contribution in [-0.4, -0.2) is 42.5 Å². The third kappa shape index (κ3) is 29.7. The molecule has 0 fully saturated rings. The molecular formula is C28H52N2O7. The number of Topliss-reactive ketones (excluding diaryl/α,β-unsaturated/α-hetero) is 1. The van der Waals surface area contributed by atoms with E-state index in [9.17, 15) is 24.5 Å². The van der Waals surface area contributed by atoms with Crippen molar-refractivity contribution < 1.29 is 29.0 Å². The molecule has 1 amide bonds. The monoisotopic (exact) mass is 528 g/mol. The Bertz CT molecular complexity index is 624. The van der Waals surface area contributed by atoms with Crippen LogP contribution in [0.5, 0.6) is 0 Å². The summed E-state index contributed by atoms with van der Waals surface area (Å²) in [6.45, 7) is 8.31. The molecule has 37 heavy (non-hydrogen) atoms. The van der Waals surface area contributed by atoms with Crippen molar-refractivity contribution in [1.82, 2.24) is 5.32 Å². The third-order valence-corrected chi connectivity index (χ3v) is 5.85. The molecule has 0 aliphatic carbocycles. The predicted molar refractivity (Wildman–Crippen MR) is 147 cm³/mol. The fourth-order valence-corrected chi connectivity index (χ4v) is 3.62. The molecule has 0 saturated heterocycles. The van der Waals surface area contributed by atoms with Crippen LogP contribution in [0.15, 0.2) is 12.2 Å². The summed E-state index contributed by atoms with van der Waals surface area (Å²) in [7, 11) is 0. The molecule has 1 N–H and O–H groups in total. The van der Waals surface area contributed by atoms with Crippen LogP contribution in [0.25, 0.3) is 0 Å². The van der Waals surface area contributed by atoms with Gasteiger partial charge in [0.1, 0.15) is 12.3 Å². The van der Waals surface area contributed by atoms with Crippen LogP contribution in [0.1, 0.15) is 124 Å². The standard InChI is InChI=1S/C16H32O.C12H20N2O6/c1-4-7-8-9-10-12-16(17)14-13-15(6-3)11-5-2;1-2-3-4-5-7-11(15)13-10-12(16)19-8-6-9-20-14(17)18/h15H,4-14H2,1-3H3;2-3H,4-10H2,1H3,(H,13,15)/b;3-2-. The summed E-state index contributed by atoms with van der Waals surface area (Å²) in [6.07, 6.45) is 18.8. The number of ketones is 1. The molecule has 0 heterocycles. The highest BCUT2D eigenvalue weighted by molar-refractivity contribution is 5.81. The second-order valence-electron chi connectivity index (χ2n) is 9.17. The van der Waals surface area contributed by atoms with Gasteiger partial charge in [0.2, 0.25) is 5.91 Å². The van der Waals surface area contributed by atoms with Crippen molar-refractivity contribution in [2.45, 2.75) is 124 Å². The number of amides is 1. The van der Waals surface area contributed by atoms with Crippen LogP contribution in [0.2, 0.25) is 0 Å². The van der Waals surface area contributed by atoms with E-state index < -0.39 is 11.1 Å². The van der Waals surface area contributed by atoms with Crippen molar-refractivity contribution in [2.75, 3.05) is 19.8 Å². The van der Waals surface area contributed by atoms with Gasteiger partial charge in [0, 0.05) is 25.7 Å². The van der Waals surface area contributed by atoms with Crippen LogP contribution >= 0.6 is 0 Å². The fourth-order valence-electron chi connectivity index (χ4n) is 3.62. The van der Waals surface area contributed by atoms with Crippen molar-refractivity contribution >= 4 is 17.7 Å². The Labute approximate surface area is 224 Å². The molecule has 0 aromatic rings. The molecule has 216 valence electrons. The average Bonchev–Trinajstić information content (AvgIpc) is 2.87. The molecule has 0 aliphatic heterocycles. The lowest BCUT2D eigenvalue weighted by molar-refractivity contribution is -0.757. The van der Waals surface area contributed by atoms with Crippen LogP contribution in [-0.2, 0) is 24.0 Å². The summed E-state index contributed by atoms with van der Waals surface area (Å²) < 4.78 is 4.75. The summed E-state index contributed by atoms with van der Waals surface area (Å²) in [5, 5.41) is 11.4. The lowest BCUT2D eigenvalue weighted by Gasteiger charge is -2.12. The second-order valence-corrected chi connectivity index (χ2v) is 9.17. The van der Waals surface area contributed by atoms with E-state index in [1.54, 1.807) is 0 Å². The number of nitrogens with one attached hydrogen (secondary N) is 1. The molecular weight excluding hydrogens is 476 g/mol. The quantitative estimate of drug-likeness (QED) is 0.0526. The molecule has 0 rings (SSSR count). The predicted octanol–water partition coefficient (Wildman–Crippen LogP) is 6.51. The van der Waals surface area contributed by atoms with E-state index >= 15 is 0 Å². The maximum atomic E-state index is 11.7. The van der Waals surface area contributed by atoms with Gasteiger partial charge in [-0.15, -0.1) is 10.1 Å². The lowest BCUT2D eigenvalue weighted by Crippen LogP contribution is -2.30. The number of esters is 1. The highest BCUT2D eigenvalue weighted by Crippen LogP contribution is 2.18. The number of unbranched alkanes of at least 4 members (excludes halogenated alkanes) is 5. The summed E-state index contributed by atoms with van der Waals surface area (Å²) >= 11 is 0. The first-order valence-corrected chi connectivity index (χ1v) is 14.1. The minimum absolute atomic E-state index is 0.0177. The normalized spacial score (nSPS) is 11.4. The van der Waals surface area contributed by atoms with Gasteiger partial charge in [-0.1, -0.05) is 77.9 Å². The maximum absolute atomic E-state index is 11.7. The third-order valence-electron chi connectivity index (χ3n) is 5.85. The van der Waals surface area contributed by atoms with Gasteiger partial charge in [-0.05, 0) is 38.5 Å². The first-order valence-electron chi connectivity index (χ1n) is 14.1. The molecule has 0 radical (unpaired) electrons. The van der Waals surface area contributed by atoms with Crippen molar-refractivity contribution in [1.29, 1.82) is 0 Å². The van der Waals surface area contributed by atoms with Gasteiger partial charge in [-0.25, -0.2) is 0 Å². The maximum Gasteiger partial charge on any atom is 0.325 e. The van der Waals surface area contributed by atoms with Gasteiger partial charge >= 0.3 is 5.97 Å². The number of carbonyl (C=O) groups is 3. The van der Waals surface area contributed by atoms with Crippen molar-refractivity contribution in [3.05, 3.63) is 22.3 Å². The Balaban J connectivity index is 0. The zero-order chi connectivity index (χ0) is 28.2. The summed E-state index contributed by atoms with van der Waals surface area (Å²) in [5.74, 6) is 0.496. The van der Waals surface area contributed by atoms with Crippen molar-refractivity contribution in [3.8, 4) is 0 Å². The number of nitrogens with zero attached hydrogens (tertiary/aromatic N) is 1. The number of ether oxygens (including phenoxy) is 1. The van der Waals surface area contributed by atoms with E-state index in [1.165, 1.54) is 44.9 Å². The van der Waals surface area contributed by atoms with Gasteiger partial charge in [0.15, 0.2) is 0 Å². The number of allylic oxidation sites excluding steroid dienone is 2. The zero-order valence-corrected chi connectivity index (χ0v) is 23.8. The van der Waals surface area contributed by atoms with Gasteiger partial charge in [0.05, 0.1) is 13.2 Å². The largest absolute Gasteiger partial charge is 0.464 e. The summed E-state index contributed by atoms with van der Waals surface area (Å²) in [4.78, 5) is 48.1. The number of rotatable bonds is 23. The van der Waals surface area contributed by atoms with E-state index in [-0.39, 0.29) is 32.1 Å². The first kappa shape index (κ1) is 36.7. The molecule has 0 aliphatic rings. The Morgan fingerprint density at radius 3 is 2.24 bits per heavy atom. The molecule has 1 unspecified atom stereocenters. The van der Waals surface area contributed by atoms with E-state index in [0.717, 1.165) is 44.4 Å². The molecule has 0 aromatic heterocycles. The first-order chi connectivity index (χ1) is 17.8. The zero-order valence-electron chi connectivity index (χ0n) is 23.8. The van der Waals surface area contributed by atoms with Crippen molar-refractivity contribution in [3.63, 3.8) is 0 Å². The van der Waals surface area contributed by atoms with E-state index in [1.807, 2.05) is 19.1 Å². The number of hydrogen-bond donors (Lipinski definition) is 1. The summed E-state index contributed by atoms with van der Waals surface area (Å²) in [5.41, 5.74) is 0. The van der Waals surface area contributed by atoms with Gasteiger partial charge in [-0.2, -0.15) is 0 Å². The Morgan fingerprint density at radius 1 is 0.892 bits per heavy atom. The molecule has 0 spiro atoms. The molecule has 0 aromatic carbocycles. The topological polar surface area (TPSA) is 125 Å². The van der Waals surface area contributed by atoms with Crippen LogP contribution in [0.3, 0.4) is 0 Å². The number of hydrogen-bond acceptors (Lipinski definition) is 7. The molecule has 1 atom stereocenters. The minimum Gasteiger partial charge on any atom is -0.464 e. The fraction of sp³-hybridized carbons (Fsp3) is 0.821. The van der Waals surface area contributed by atoms with Gasteiger partial charge in [-0.3, -0.25) is 14.4 Å². The van der Waals surface area contributed by atoms with Crippen LogP contribution in [0, 0.1) is 16.0 Å². The molecule has 9 heteroatoms. The molecule has 0 saturated carbocycles. The molecule has 9 nitrogen and oxygen atoms in total. The molecule has 0 bridgehead atoms. The average molecular weight is 529 g/mol. The smallest absolute Gasteiger partial charge is 0.325 e. The van der Waals surface area contributed by atoms with Crippen molar-refractivity contribution in [2.24, 2.45) is 5.92 Å². The van der Waals surface area contributed by atoms with Gasteiger partial charge < -0.3 is 14.9 Å². The highest BCUT2D eigenvalue weighted by atomic mass is 16.9. The minimum atomic E-state index is -0.907. The van der Waals surface area contributed by atoms with Gasteiger partial charge in [0.25, 0.3) is 5.09 Å². The SMILES string of the molecule is C/C=C\CCCC(=O)NCC(=O)OCCCO[N+](=O)[O-].CCCCCCCC(=O)CCC(CC)CCC. The Hall–Kier alpha value is -2.45. The van der Waals surface area contributed by atoms with E-state index in [0.29, 0.717) is 12.2 Å². The second kappa shape index (κ2) is 28.1. The van der Waals surface area contributed by atoms with Crippen LogP contribution < -0.4 is 5.32 Å². The van der Waals surface area contributed by atoms with E-state index in [2.05, 4.69) is 30.9 Å². The number of carbonyl (C=O) groups excluding carboxylic acids is 3. The summed E-state index contributed by atoms with van der Waals surface area (Å²) in [6, 6.07) is 0. The Morgan fingerprint density at radius 2 is 1.62 bits per heavy atom.